The van der Waals surface area contributed by atoms with Gasteiger partial charge in [0, 0.05) is 31.2 Å². The summed E-state index contributed by atoms with van der Waals surface area (Å²) in [5, 5.41) is 12.6. The monoisotopic (exact) mass is 779 g/mol. The molecule has 11 aromatic carbocycles. The molecule has 1 nitrogen and oxygen atoms in total. The van der Waals surface area contributed by atoms with E-state index in [1.54, 1.807) is 0 Å². The second-order valence-corrected chi connectivity index (χ2v) is 16.7. The summed E-state index contributed by atoms with van der Waals surface area (Å²) in [4.78, 5) is 2.49. The van der Waals surface area contributed by atoms with Gasteiger partial charge >= 0.3 is 0 Å². The van der Waals surface area contributed by atoms with Crippen LogP contribution in [0.1, 0.15) is 0 Å². The van der Waals surface area contributed by atoms with Crippen LogP contribution in [-0.4, -0.2) is 0 Å². The lowest BCUT2D eigenvalue weighted by molar-refractivity contribution is 1.32. The molecule has 0 N–H and O–H groups in total. The average Bonchev–Trinajstić information content (AvgIpc) is 3.71. The van der Waals surface area contributed by atoms with Gasteiger partial charge in [0.1, 0.15) is 0 Å². The van der Waals surface area contributed by atoms with Gasteiger partial charge in [0.15, 0.2) is 0 Å². The van der Waals surface area contributed by atoms with E-state index in [1.165, 1.54) is 108 Å². The van der Waals surface area contributed by atoms with Crippen molar-refractivity contribution in [2.24, 2.45) is 0 Å². The molecule has 0 aliphatic rings. The van der Waals surface area contributed by atoms with Crippen LogP contribution in [-0.2, 0) is 0 Å². The van der Waals surface area contributed by atoms with Crippen LogP contribution in [0, 0.1) is 0 Å². The number of benzene rings is 11. The number of nitrogens with zero attached hydrogens (tertiary/aromatic N) is 1. The van der Waals surface area contributed by atoms with Gasteiger partial charge in [0.2, 0.25) is 0 Å². The predicted octanol–water partition coefficient (Wildman–Crippen LogP) is 17.1. The highest BCUT2D eigenvalue weighted by atomic mass is 32.1. The van der Waals surface area contributed by atoms with Gasteiger partial charge in [-0.25, -0.2) is 0 Å². The van der Waals surface area contributed by atoms with Gasteiger partial charge in [-0.15, -0.1) is 11.3 Å². The van der Waals surface area contributed by atoms with Crippen LogP contribution in [0.3, 0.4) is 0 Å². The van der Waals surface area contributed by atoms with E-state index >= 15 is 0 Å². The van der Waals surface area contributed by atoms with Crippen molar-refractivity contribution in [1.82, 2.24) is 0 Å². The van der Waals surface area contributed by atoms with Crippen molar-refractivity contribution in [2.75, 3.05) is 4.90 Å². The molecular weight excluding hydrogens is 743 g/mol. The maximum absolute atomic E-state index is 2.49. The van der Waals surface area contributed by atoms with Crippen LogP contribution >= 0.6 is 11.3 Å². The zero-order valence-electron chi connectivity index (χ0n) is 32.7. The highest BCUT2D eigenvalue weighted by molar-refractivity contribution is 7.26. The molecule has 0 spiro atoms. The third-order valence-electron chi connectivity index (χ3n) is 12.2. The minimum absolute atomic E-state index is 1.12. The summed E-state index contributed by atoms with van der Waals surface area (Å²) in [6, 6.07) is 82.5. The molecule has 0 aliphatic carbocycles. The van der Waals surface area contributed by atoms with Crippen molar-refractivity contribution < 1.29 is 0 Å². The summed E-state index contributed by atoms with van der Waals surface area (Å²) in [6.07, 6.45) is 0. The van der Waals surface area contributed by atoms with Crippen molar-refractivity contribution >= 4 is 91.7 Å². The number of rotatable bonds is 6. The van der Waals surface area contributed by atoms with Gasteiger partial charge in [0.05, 0.1) is 11.4 Å². The second kappa shape index (κ2) is 14.1. The first-order valence-electron chi connectivity index (χ1n) is 20.6. The third kappa shape index (κ3) is 5.53. The Kier molecular flexibility index (Phi) is 8.11. The highest BCUT2D eigenvalue weighted by Gasteiger charge is 2.22. The van der Waals surface area contributed by atoms with Gasteiger partial charge in [-0.1, -0.05) is 182 Å². The Labute approximate surface area is 352 Å². The summed E-state index contributed by atoms with van der Waals surface area (Å²) >= 11 is 1.86. The normalized spacial score (nSPS) is 11.7. The Morgan fingerprint density at radius 1 is 0.283 bits per heavy atom. The molecule has 0 radical (unpaired) electrons. The largest absolute Gasteiger partial charge is 0.309 e. The first-order valence-corrected chi connectivity index (χ1v) is 21.4. The molecular formula is C58H37NS. The van der Waals surface area contributed by atoms with E-state index in [0.717, 1.165) is 5.69 Å². The summed E-state index contributed by atoms with van der Waals surface area (Å²) in [7, 11) is 0. The second-order valence-electron chi connectivity index (χ2n) is 15.6. The Morgan fingerprint density at radius 3 is 1.55 bits per heavy atom. The van der Waals surface area contributed by atoms with E-state index in [-0.39, 0.29) is 0 Å². The lowest BCUT2D eigenvalue weighted by Gasteiger charge is -2.28. The molecule has 0 fully saturated rings. The first kappa shape index (κ1) is 34.5. The lowest BCUT2D eigenvalue weighted by atomic mass is 9.84. The molecule has 0 aliphatic heterocycles. The molecule has 0 bridgehead atoms. The van der Waals surface area contributed by atoms with Gasteiger partial charge in [0.25, 0.3) is 0 Å². The molecule has 0 saturated carbocycles. The molecule has 1 aromatic heterocycles. The van der Waals surface area contributed by atoms with Gasteiger partial charge in [-0.3, -0.25) is 0 Å². The first-order chi connectivity index (χ1) is 29.8. The smallest absolute Gasteiger partial charge is 0.0555 e. The fraction of sp³-hybridized carbons (Fsp3) is 0. The number of hydrogen-bond acceptors (Lipinski definition) is 2. The fourth-order valence-corrected chi connectivity index (χ4v) is 10.7. The van der Waals surface area contributed by atoms with E-state index in [4.69, 9.17) is 0 Å². The van der Waals surface area contributed by atoms with Crippen LogP contribution < -0.4 is 4.90 Å². The SMILES string of the molecule is c1ccc(-c2c(-c3ccccc3)c3cc(-c4ccc(N(c5cc6ccccc6c6ccccc56)c5cccc6sc7ccccc7c56)cc4)ccc3c3ccccc23)cc1. The summed E-state index contributed by atoms with van der Waals surface area (Å²) in [6.45, 7) is 0. The standard InChI is InChI=1S/C58H37NS/c1-3-16-39(17-4-1)56-49-25-12-10-23-46(49)47-35-32-41(36-51(47)57(56)40-18-5-2-6-19-40)38-30-33-43(34-31-38)59(52-27-15-29-55-58(52)50-26-13-14-28-54(50)60-55)53-37-42-20-7-8-21-44(42)45-22-9-11-24-48(45)53/h1-37H. The van der Waals surface area contributed by atoms with Crippen LogP contribution in [0.5, 0.6) is 0 Å². The minimum Gasteiger partial charge on any atom is -0.309 e. The molecule has 12 rings (SSSR count). The van der Waals surface area contributed by atoms with Crippen LogP contribution in [0.25, 0.3) is 96.6 Å². The van der Waals surface area contributed by atoms with Crippen molar-refractivity contribution in [1.29, 1.82) is 0 Å². The zero-order chi connectivity index (χ0) is 39.6. The Balaban J connectivity index is 1.08. The van der Waals surface area contributed by atoms with Crippen LogP contribution in [0.4, 0.5) is 17.1 Å². The van der Waals surface area contributed by atoms with Gasteiger partial charge < -0.3 is 4.90 Å². The maximum atomic E-state index is 2.49. The molecule has 12 aromatic rings. The number of anilines is 3. The molecule has 280 valence electrons. The van der Waals surface area contributed by atoms with Crippen LogP contribution in [0.2, 0.25) is 0 Å². The van der Waals surface area contributed by atoms with Crippen molar-refractivity contribution in [3.63, 3.8) is 0 Å². The molecule has 0 saturated heterocycles. The van der Waals surface area contributed by atoms with Crippen molar-refractivity contribution in [3.8, 4) is 33.4 Å². The van der Waals surface area contributed by atoms with E-state index in [0.29, 0.717) is 0 Å². The Morgan fingerprint density at radius 2 is 0.817 bits per heavy atom. The van der Waals surface area contributed by atoms with E-state index in [1.807, 2.05) is 11.3 Å². The summed E-state index contributed by atoms with van der Waals surface area (Å²) in [5.74, 6) is 0. The zero-order valence-corrected chi connectivity index (χ0v) is 33.5. The quantitative estimate of drug-likeness (QED) is 0.152. The number of thiophene rings is 1. The Hall–Kier alpha value is -7.52. The minimum atomic E-state index is 1.12. The average molecular weight is 780 g/mol. The van der Waals surface area contributed by atoms with Crippen molar-refractivity contribution in [3.05, 3.63) is 224 Å². The summed E-state index contributed by atoms with van der Waals surface area (Å²) < 4.78 is 2.58. The highest BCUT2D eigenvalue weighted by Crippen LogP contribution is 2.49. The summed E-state index contributed by atoms with van der Waals surface area (Å²) in [5.41, 5.74) is 10.8. The van der Waals surface area contributed by atoms with Crippen molar-refractivity contribution in [2.45, 2.75) is 0 Å². The maximum Gasteiger partial charge on any atom is 0.0555 e. The molecule has 60 heavy (non-hydrogen) atoms. The molecule has 0 amide bonds. The van der Waals surface area contributed by atoms with Crippen LogP contribution in [0.15, 0.2) is 224 Å². The number of hydrogen-bond donors (Lipinski definition) is 0. The topological polar surface area (TPSA) is 3.24 Å². The van der Waals surface area contributed by atoms with Gasteiger partial charge in [-0.2, -0.15) is 0 Å². The van der Waals surface area contributed by atoms with Gasteiger partial charge in [-0.05, 0) is 114 Å². The third-order valence-corrected chi connectivity index (χ3v) is 13.4. The molecule has 0 atom stereocenters. The molecule has 1 heterocycles. The van der Waals surface area contributed by atoms with E-state index in [9.17, 15) is 0 Å². The fourth-order valence-electron chi connectivity index (χ4n) is 9.55. The predicted molar refractivity (Wildman–Crippen MR) is 260 cm³/mol. The van der Waals surface area contributed by atoms with E-state index in [2.05, 4.69) is 229 Å². The molecule has 0 unspecified atom stereocenters. The van der Waals surface area contributed by atoms with E-state index < -0.39 is 0 Å². The molecule has 2 heteroatoms. The Bertz CT molecular complexity index is 3590. The number of fused-ring (bicyclic) bond motifs is 9. The lowest BCUT2D eigenvalue weighted by Crippen LogP contribution is -2.11.